The largest absolute Gasteiger partial charge is 0.396 e. The normalized spacial score (nSPS) is 10.3. The molecular formula is C18H16N4O2S. The van der Waals surface area contributed by atoms with Gasteiger partial charge in [-0.2, -0.15) is 0 Å². The molecule has 0 aliphatic carbocycles. The van der Waals surface area contributed by atoms with E-state index in [-0.39, 0.29) is 11.8 Å². The molecule has 0 spiro atoms. The summed E-state index contributed by atoms with van der Waals surface area (Å²) in [5, 5.41) is 7.34. The van der Waals surface area contributed by atoms with E-state index >= 15 is 0 Å². The van der Waals surface area contributed by atoms with Crippen molar-refractivity contribution in [1.82, 2.24) is 4.98 Å². The van der Waals surface area contributed by atoms with Crippen molar-refractivity contribution in [2.75, 3.05) is 16.4 Å². The summed E-state index contributed by atoms with van der Waals surface area (Å²) in [6.07, 6.45) is 0. The van der Waals surface area contributed by atoms with E-state index in [1.54, 1.807) is 41.7 Å². The van der Waals surface area contributed by atoms with Crippen molar-refractivity contribution >= 4 is 40.3 Å². The number of benzene rings is 1. The van der Waals surface area contributed by atoms with Crippen LogP contribution in [-0.2, 0) is 4.79 Å². The van der Waals surface area contributed by atoms with Crippen molar-refractivity contribution in [2.45, 2.75) is 6.92 Å². The molecule has 0 aliphatic rings. The molecule has 1 aromatic carbocycles. The second kappa shape index (κ2) is 7.14. The standard InChI is InChI=1S/C18H16N4O2S/c1-11(23)20-13-6-4-12(5-7-13)18(24)22-17-14(19)8-9-15(21-17)16-3-2-10-25-16/h2-10H,19H2,1H3,(H,20,23)(H,21,22,24). The van der Waals surface area contributed by atoms with Gasteiger partial charge < -0.3 is 16.4 Å². The third kappa shape index (κ3) is 4.02. The van der Waals surface area contributed by atoms with Crippen LogP contribution in [0.5, 0.6) is 0 Å². The molecule has 4 N–H and O–H groups in total. The number of anilines is 3. The summed E-state index contributed by atoms with van der Waals surface area (Å²) in [4.78, 5) is 28.9. The first-order valence-corrected chi connectivity index (χ1v) is 8.40. The molecule has 3 aromatic rings. The number of aromatic nitrogens is 1. The summed E-state index contributed by atoms with van der Waals surface area (Å²) in [6, 6.07) is 14.0. The number of carbonyl (C=O) groups excluding carboxylic acids is 2. The number of pyridine rings is 1. The quantitative estimate of drug-likeness (QED) is 0.668. The average molecular weight is 352 g/mol. The molecule has 0 fully saturated rings. The number of rotatable bonds is 4. The number of nitrogen functional groups attached to an aromatic ring is 1. The molecule has 126 valence electrons. The third-order valence-corrected chi connectivity index (χ3v) is 4.29. The van der Waals surface area contributed by atoms with E-state index in [9.17, 15) is 9.59 Å². The first-order valence-electron chi connectivity index (χ1n) is 7.52. The van der Waals surface area contributed by atoms with Gasteiger partial charge in [-0.1, -0.05) is 6.07 Å². The van der Waals surface area contributed by atoms with Gasteiger partial charge in [-0.05, 0) is 47.8 Å². The van der Waals surface area contributed by atoms with Crippen LogP contribution in [0.15, 0.2) is 53.9 Å². The molecule has 0 saturated carbocycles. The van der Waals surface area contributed by atoms with Crippen molar-refractivity contribution < 1.29 is 9.59 Å². The highest BCUT2D eigenvalue weighted by Gasteiger charge is 2.11. The van der Waals surface area contributed by atoms with Gasteiger partial charge in [-0.25, -0.2) is 4.98 Å². The molecule has 0 atom stereocenters. The van der Waals surface area contributed by atoms with Gasteiger partial charge in [0.15, 0.2) is 5.82 Å². The average Bonchev–Trinajstić information content (AvgIpc) is 3.11. The van der Waals surface area contributed by atoms with Gasteiger partial charge in [0.1, 0.15) is 0 Å². The van der Waals surface area contributed by atoms with Crippen molar-refractivity contribution in [1.29, 1.82) is 0 Å². The van der Waals surface area contributed by atoms with Crippen LogP contribution in [0.4, 0.5) is 17.2 Å². The van der Waals surface area contributed by atoms with Crippen molar-refractivity contribution in [3.05, 3.63) is 59.5 Å². The van der Waals surface area contributed by atoms with Crippen LogP contribution < -0.4 is 16.4 Å². The fourth-order valence-corrected chi connectivity index (χ4v) is 2.91. The topological polar surface area (TPSA) is 97.1 Å². The zero-order valence-electron chi connectivity index (χ0n) is 13.4. The monoisotopic (exact) mass is 352 g/mol. The Bertz CT molecular complexity index is 905. The number of nitrogens with one attached hydrogen (secondary N) is 2. The fourth-order valence-electron chi connectivity index (χ4n) is 2.22. The molecule has 2 heterocycles. The maximum atomic E-state index is 12.4. The molecule has 0 unspecified atom stereocenters. The third-order valence-electron chi connectivity index (χ3n) is 3.40. The molecule has 0 aliphatic heterocycles. The highest BCUT2D eigenvalue weighted by atomic mass is 32.1. The molecule has 25 heavy (non-hydrogen) atoms. The van der Waals surface area contributed by atoms with Crippen LogP contribution in [-0.4, -0.2) is 16.8 Å². The number of thiophene rings is 1. The summed E-state index contributed by atoms with van der Waals surface area (Å²) in [5.41, 5.74) is 8.14. The molecule has 0 radical (unpaired) electrons. The van der Waals surface area contributed by atoms with E-state index < -0.39 is 0 Å². The molecule has 2 aromatic heterocycles. The van der Waals surface area contributed by atoms with Gasteiger partial charge in [0.25, 0.3) is 5.91 Å². The maximum Gasteiger partial charge on any atom is 0.256 e. The Labute approximate surface area is 148 Å². The van der Waals surface area contributed by atoms with E-state index in [2.05, 4.69) is 15.6 Å². The summed E-state index contributed by atoms with van der Waals surface area (Å²) >= 11 is 1.56. The lowest BCUT2D eigenvalue weighted by Crippen LogP contribution is -2.15. The Kier molecular flexibility index (Phi) is 4.76. The minimum atomic E-state index is -0.322. The molecule has 0 saturated heterocycles. The van der Waals surface area contributed by atoms with Gasteiger partial charge in [-0.15, -0.1) is 11.3 Å². The summed E-state index contributed by atoms with van der Waals surface area (Å²) in [6.45, 7) is 1.43. The first kappa shape index (κ1) is 16.7. The van der Waals surface area contributed by atoms with Crippen LogP contribution in [0, 0.1) is 0 Å². The highest BCUT2D eigenvalue weighted by Crippen LogP contribution is 2.27. The van der Waals surface area contributed by atoms with Crippen molar-refractivity contribution in [3.63, 3.8) is 0 Å². The van der Waals surface area contributed by atoms with Crippen molar-refractivity contribution in [3.8, 4) is 10.6 Å². The van der Waals surface area contributed by atoms with E-state index in [4.69, 9.17) is 5.73 Å². The first-order chi connectivity index (χ1) is 12.0. The van der Waals surface area contributed by atoms with Gasteiger partial charge in [0.05, 0.1) is 16.3 Å². The second-order valence-corrected chi connectivity index (χ2v) is 6.27. The van der Waals surface area contributed by atoms with Gasteiger partial charge in [0, 0.05) is 18.2 Å². The smallest absolute Gasteiger partial charge is 0.256 e. The second-order valence-electron chi connectivity index (χ2n) is 5.32. The van der Waals surface area contributed by atoms with E-state index in [1.165, 1.54) is 6.92 Å². The molecule has 0 bridgehead atoms. The maximum absolute atomic E-state index is 12.4. The Morgan fingerprint density at radius 3 is 2.44 bits per heavy atom. The molecule has 2 amide bonds. The van der Waals surface area contributed by atoms with Crippen LogP contribution in [0.3, 0.4) is 0 Å². The zero-order valence-corrected chi connectivity index (χ0v) is 14.3. The van der Waals surface area contributed by atoms with Crippen molar-refractivity contribution in [2.24, 2.45) is 0 Å². The van der Waals surface area contributed by atoms with Crippen LogP contribution in [0.25, 0.3) is 10.6 Å². The Morgan fingerprint density at radius 1 is 1.04 bits per heavy atom. The van der Waals surface area contributed by atoms with Gasteiger partial charge >= 0.3 is 0 Å². The summed E-state index contributed by atoms with van der Waals surface area (Å²) in [7, 11) is 0. The number of nitrogens with two attached hydrogens (primary N) is 1. The summed E-state index contributed by atoms with van der Waals surface area (Å²) < 4.78 is 0. The predicted octanol–water partition coefficient (Wildman–Crippen LogP) is 3.60. The lowest BCUT2D eigenvalue weighted by molar-refractivity contribution is -0.114. The minimum Gasteiger partial charge on any atom is -0.396 e. The zero-order chi connectivity index (χ0) is 17.8. The number of amides is 2. The predicted molar refractivity (Wildman–Crippen MR) is 101 cm³/mol. The Hall–Kier alpha value is -3.19. The van der Waals surface area contributed by atoms with Crippen LogP contribution >= 0.6 is 11.3 Å². The van der Waals surface area contributed by atoms with E-state index in [1.807, 2.05) is 23.6 Å². The van der Waals surface area contributed by atoms with Gasteiger partial charge in [-0.3, -0.25) is 9.59 Å². The van der Waals surface area contributed by atoms with Gasteiger partial charge in [0.2, 0.25) is 5.91 Å². The number of hydrogen-bond acceptors (Lipinski definition) is 5. The molecule has 7 heteroatoms. The molecule has 6 nitrogen and oxygen atoms in total. The Balaban J connectivity index is 1.78. The highest BCUT2D eigenvalue weighted by molar-refractivity contribution is 7.13. The minimum absolute atomic E-state index is 0.167. The fraction of sp³-hybridized carbons (Fsp3) is 0.0556. The van der Waals surface area contributed by atoms with Crippen LogP contribution in [0.2, 0.25) is 0 Å². The summed E-state index contributed by atoms with van der Waals surface area (Å²) in [5.74, 6) is -0.168. The van der Waals surface area contributed by atoms with E-state index in [0.29, 0.717) is 22.8 Å². The molecular weight excluding hydrogens is 336 g/mol. The number of hydrogen-bond donors (Lipinski definition) is 3. The Morgan fingerprint density at radius 2 is 1.80 bits per heavy atom. The lowest BCUT2D eigenvalue weighted by Gasteiger charge is -2.09. The molecule has 3 rings (SSSR count). The van der Waals surface area contributed by atoms with E-state index in [0.717, 1.165) is 10.6 Å². The number of carbonyl (C=O) groups is 2. The SMILES string of the molecule is CC(=O)Nc1ccc(C(=O)Nc2nc(-c3cccs3)ccc2N)cc1. The van der Waals surface area contributed by atoms with Crippen LogP contribution in [0.1, 0.15) is 17.3 Å². The lowest BCUT2D eigenvalue weighted by atomic mass is 10.2. The number of nitrogens with zero attached hydrogens (tertiary/aromatic N) is 1.